The molecular weight excluding hydrogens is 318 g/mol. The van der Waals surface area contributed by atoms with Crippen LogP contribution in [0.3, 0.4) is 0 Å². The van der Waals surface area contributed by atoms with E-state index in [1.165, 1.54) is 0 Å². The second kappa shape index (κ2) is 7.97. The van der Waals surface area contributed by atoms with Crippen molar-refractivity contribution in [2.24, 2.45) is 5.92 Å². The lowest BCUT2D eigenvalue weighted by Gasteiger charge is -2.28. The lowest BCUT2D eigenvalue weighted by molar-refractivity contribution is -0.128. The van der Waals surface area contributed by atoms with Crippen molar-refractivity contribution in [3.63, 3.8) is 0 Å². The van der Waals surface area contributed by atoms with Gasteiger partial charge in [-0.1, -0.05) is 12.1 Å². The Morgan fingerprint density at radius 3 is 2.76 bits per heavy atom. The molecule has 136 valence electrons. The van der Waals surface area contributed by atoms with Crippen molar-refractivity contribution in [3.05, 3.63) is 29.3 Å². The highest BCUT2D eigenvalue weighted by molar-refractivity contribution is 5.97. The molecule has 0 radical (unpaired) electrons. The summed E-state index contributed by atoms with van der Waals surface area (Å²) in [6.45, 7) is 9.37. The van der Waals surface area contributed by atoms with Gasteiger partial charge >= 0.3 is 0 Å². The number of aryl methyl sites for hydroxylation is 2. The smallest absolute Gasteiger partial charge is 0.229 e. The summed E-state index contributed by atoms with van der Waals surface area (Å²) < 4.78 is 5.34. The maximum Gasteiger partial charge on any atom is 0.229 e. The van der Waals surface area contributed by atoms with Crippen molar-refractivity contribution in [1.82, 2.24) is 9.80 Å². The highest BCUT2D eigenvalue weighted by atomic mass is 16.5. The number of nitrogens with zero attached hydrogens (tertiary/aromatic N) is 2. The minimum absolute atomic E-state index is 0.0593. The molecule has 1 unspecified atom stereocenters. The third-order valence-electron chi connectivity index (χ3n) is 5.03. The Bertz CT molecular complexity index is 641. The van der Waals surface area contributed by atoms with Crippen LogP contribution < -0.4 is 5.32 Å². The van der Waals surface area contributed by atoms with Gasteiger partial charge in [-0.3, -0.25) is 14.5 Å². The van der Waals surface area contributed by atoms with Crippen LogP contribution >= 0.6 is 0 Å². The number of likely N-dealkylation sites (tertiary alicyclic amines) is 1. The first-order chi connectivity index (χ1) is 12.0. The monoisotopic (exact) mass is 345 g/mol. The molecule has 6 nitrogen and oxygen atoms in total. The van der Waals surface area contributed by atoms with Crippen LogP contribution in [0.1, 0.15) is 17.5 Å². The van der Waals surface area contributed by atoms with E-state index in [0.29, 0.717) is 19.5 Å². The molecule has 2 heterocycles. The van der Waals surface area contributed by atoms with Gasteiger partial charge in [-0.25, -0.2) is 0 Å². The van der Waals surface area contributed by atoms with Crippen molar-refractivity contribution in [2.45, 2.75) is 20.3 Å². The minimum Gasteiger partial charge on any atom is -0.379 e. The molecule has 1 atom stereocenters. The number of carbonyl (C=O) groups excluding carboxylic acids is 2. The molecule has 2 saturated heterocycles. The third-order valence-corrected chi connectivity index (χ3v) is 5.03. The molecule has 0 aromatic heterocycles. The molecular formula is C19H27N3O3. The highest BCUT2D eigenvalue weighted by Crippen LogP contribution is 2.22. The summed E-state index contributed by atoms with van der Waals surface area (Å²) in [5, 5.41) is 2.99. The normalized spacial score (nSPS) is 21.6. The second-order valence-corrected chi connectivity index (χ2v) is 7.00. The zero-order chi connectivity index (χ0) is 17.8. The molecule has 0 aliphatic carbocycles. The fourth-order valence-corrected chi connectivity index (χ4v) is 3.36. The lowest BCUT2D eigenvalue weighted by Crippen LogP contribution is -2.42. The average molecular weight is 345 g/mol. The number of nitrogens with one attached hydrogen (secondary N) is 1. The first-order valence-corrected chi connectivity index (χ1v) is 8.99. The first kappa shape index (κ1) is 17.9. The predicted molar refractivity (Wildman–Crippen MR) is 96.5 cm³/mol. The Kier molecular flexibility index (Phi) is 5.71. The van der Waals surface area contributed by atoms with Crippen molar-refractivity contribution < 1.29 is 14.3 Å². The summed E-state index contributed by atoms with van der Waals surface area (Å²) in [6.07, 6.45) is 0.305. The highest BCUT2D eigenvalue weighted by Gasteiger charge is 2.34. The standard InChI is InChI=1S/C19H27N3O3/c1-14-3-4-15(2)17(11-14)20-19(24)16-12-18(23)22(13-16)6-5-21-7-9-25-10-8-21/h3-4,11,16H,5-10,12-13H2,1-2H3,(H,20,24). The molecule has 0 saturated carbocycles. The van der Waals surface area contributed by atoms with E-state index in [1.807, 2.05) is 36.9 Å². The molecule has 0 spiro atoms. The van der Waals surface area contributed by atoms with E-state index < -0.39 is 0 Å². The van der Waals surface area contributed by atoms with Crippen molar-refractivity contribution in [3.8, 4) is 0 Å². The fraction of sp³-hybridized carbons (Fsp3) is 0.579. The lowest BCUT2D eigenvalue weighted by atomic mass is 10.1. The van der Waals surface area contributed by atoms with Crippen LogP contribution in [-0.2, 0) is 14.3 Å². The molecule has 6 heteroatoms. The molecule has 3 rings (SSSR count). The molecule has 2 fully saturated rings. The molecule has 2 amide bonds. The summed E-state index contributed by atoms with van der Waals surface area (Å²) in [4.78, 5) is 28.9. The zero-order valence-electron chi connectivity index (χ0n) is 15.1. The van der Waals surface area contributed by atoms with Gasteiger partial charge in [0.2, 0.25) is 11.8 Å². The van der Waals surface area contributed by atoms with Gasteiger partial charge in [0.1, 0.15) is 0 Å². The maximum absolute atomic E-state index is 12.6. The van der Waals surface area contributed by atoms with Crippen LogP contribution in [0.5, 0.6) is 0 Å². The summed E-state index contributed by atoms with van der Waals surface area (Å²) >= 11 is 0. The van der Waals surface area contributed by atoms with Gasteiger partial charge < -0.3 is 15.0 Å². The van der Waals surface area contributed by atoms with E-state index in [1.54, 1.807) is 0 Å². The number of ether oxygens (including phenoxy) is 1. The van der Waals surface area contributed by atoms with Gasteiger partial charge in [-0.2, -0.15) is 0 Å². The van der Waals surface area contributed by atoms with E-state index in [2.05, 4.69) is 10.2 Å². The van der Waals surface area contributed by atoms with E-state index in [9.17, 15) is 9.59 Å². The summed E-state index contributed by atoms with van der Waals surface area (Å²) in [6, 6.07) is 6.00. The third kappa shape index (κ3) is 4.58. The van der Waals surface area contributed by atoms with Crippen molar-refractivity contribution in [2.75, 3.05) is 51.3 Å². The molecule has 25 heavy (non-hydrogen) atoms. The van der Waals surface area contributed by atoms with E-state index in [-0.39, 0.29) is 17.7 Å². The van der Waals surface area contributed by atoms with E-state index >= 15 is 0 Å². The molecule has 0 bridgehead atoms. The Morgan fingerprint density at radius 2 is 2.00 bits per heavy atom. The van der Waals surface area contributed by atoms with Crippen LogP contribution in [0.15, 0.2) is 18.2 Å². The number of amides is 2. The van der Waals surface area contributed by atoms with Gasteiger partial charge in [0.25, 0.3) is 0 Å². The average Bonchev–Trinajstić information content (AvgIpc) is 2.98. The Hall–Kier alpha value is -1.92. The first-order valence-electron chi connectivity index (χ1n) is 8.99. The Morgan fingerprint density at radius 1 is 1.24 bits per heavy atom. The Labute approximate surface area is 149 Å². The SMILES string of the molecule is Cc1ccc(C)c(NC(=O)C2CC(=O)N(CCN3CCOCC3)C2)c1. The number of anilines is 1. The van der Waals surface area contributed by atoms with E-state index in [4.69, 9.17) is 4.74 Å². The molecule has 1 aromatic carbocycles. The van der Waals surface area contributed by atoms with Gasteiger partial charge in [0, 0.05) is 44.8 Å². The Balaban J connectivity index is 1.52. The van der Waals surface area contributed by atoms with Gasteiger partial charge in [0.15, 0.2) is 0 Å². The minimum atomic E-state index is -0.267. The summed E-state index contributed by atoms with van der Waals surface area (Å²) in [5.74, 6) is -0.248. The second-order valence-electron chi connectivity index (χ2n) is 7.00. The number of hydrogen-bond acceptors (Lipinski definition) is 4. The molecule has 2 aliphatic rings. The molecule has 2 aliphatic heterocycles. The molecule has 1 N–H and O–H groups in total. The van der Waals surface area contributed by atoms with Crippen molar-refractivity contribution in [1.29, 1.82) is 0 Å². The fourth-order valence-electron chi connectivity index (χ4n) is 3.36. The van der Waals surface area contributed by atoms with Crippen LogP contribution in [-0.4, -0.2) is 67.6 Å². The van der Waals surface area contributed by atoms with Crippen LogP contribution in [0, 0.1) is 19.8 Å². The number of morpholine rings is 1. The summed E-state index contributed by atoms with van der Waals surface area (Å²) in [7, 11) is 0. The van der Waals surface area contributed by atoms with Crippen LogP contribution in [0.25, 0.3) is 0 Å². The summed E-state index contributed by atoms with van der Waals surface area (Å²) in [5.41, 5.74) is 2.98. The van der Waals surface area contributed by atoms with Gasteiger partial charge in [-0.15, -0.1) is 0 Å². The predicted octanol–water partition coefficient (Wildman–Crippen LogP) is 1.42. The van der Waals surface area contributed by atoms with Crippen LogP contribution in [0.2, 0.25) is 0 Å². The number of carbonyl (C=O) groups is 2. The topological polar surface area (TPSA) is 61.9 Å². The quantitative estimate of drug-likeness (QED) is 0.877. The number of benzene rings is 1. The largest absolute Gasteiger partial charge is 0.379 e. The number of hydrogen-bond donors (Lipinski definition) is 1. The van der Waals surface area contributed by atoms with Gasteiger partial charge in [-0.05, 0) is 31.0 Å². The van der Waals surface area contributed by atoms with Gasteiger partial charge in [0.05, 0.1) is 19.1 Å². The van der Waals surface area contributed by atoms with Crippen molar-refractivity contribution >= 4 is 17.5 Å². The zero-order valence-corrected chi connectivity index (χ0v) is 15.1. The molecule has 1 aromatic rings. The number of rotatable bonds is 5. The van der Waals surface area contributed by atoms with E-state index in [0.717, 1.165) is 49.7 Å². The maximum atomic E-state index is 12.6. The van der Waals surface area contributed by atoms with Crippen LogP contribution in [0.4, 0.5) is 5.69 Å².